The smallest absolute Gasteiger partial charge is 0.190 e. The highest BCUT2D eigenvalue weighted by Gasteiger charge is 2.09. The largest absolute Gasteiger partial charge is 0.285 e. The van der Waals surface area contributed by atoms with Gasteiger partial charge < -0.3 is 0 Å². The first-order chi connectivity index (χ1) is 12.8. The van der Waals surface area contributed by atoms with Gasteiger partial charge in [0, 0.05) is 15.5 Å². The first-order valence-corrected chi connectivity index (χ1v) is 10.0. The fourth-order valence-electron chi connectivity index (χ4n) is 2.81. The van der Waals surface area contributed by atoms with Crippen molar-refractivity contribution >= 4 is 27.3 Å². The summed E-state index contributed by atoms with van der Waals surface area (Å²) in [6.45, 7) is 0.675. The van der Waals surface area contributed by atoms with E-state index in [1.807, 2.05) is 12.1 Å². The van der Waals surface area contributed by atoms with Crippen molar-refractivity contribution in [1.29, 1.82) is 0 Å². The van der Waals surface area contributed by atoms with E-state index in [0.29, 0.717) is 6.54 Å². The topological polar surface area (TPSA) is 17.3 Å². The summed E-state index contributed by atoms with van der Waals surface area (Å²) >= 11 is 5.19. The minimum absolute atomic E-state index is 0.675. The maximum absolute atomic E-state index is 4.89. The molecule has 1 aromatic heterocycles. The van der Waals surface area contributed by atoms with E-state index in [4.69, 9.17) is 4.99 Å². The van der Waals surface area contributed by atoms with Gasteiger partial charge in [-0.05, 0) is 35.4 Å². The van der Waals surface area contributed by atoms with Crippen molar-refractivity contribution in [2.75, 3.05) is 0 Å². The van der Waals surface area contributed by atoms with Crippen LogP contribution in [0.1, 0.15) is 5.56 Å². The molecule has 1 heterocycles. The molecule has 0 amide bonds. The van der Waals surface area contributed by atoms with Gasteiger partial charge in [0.15, 0.2) is 4.80 Å². The average Bonchev–Trinajstić information content (AvgIpc) is 3.12. The lowest BCUT2D eigenvalue weighted by molar-refractivity contribution is 0.928. The predicted octanol–water partition coefficient (Wildman–Crippen LogP) is 6.07. The quantitative estimate of drug-likeness (QED) is 0.381. The number of para-hydroxylation sites is 1. The van der Waals surface area contributed by atoms with E-state index in [0.717, 1.165) is 20.7 Å². The molecule has 0 aliphatic rings. The molecule has 0 unspecified atom stereocenters. The van der Waals surface area contributed by atoms with Crippen molar-refractivity contribution < 1.29 is 0 Å². The van der Waals surface area contributed by atoms with Gasteiger partial charge >= 0.3 is 0 Å². The first-order valence-electron chi connectivity index (χ1n) is 8.37. The highest BCUT2D eigenvalue weighted by molar-refractivity contribution is 9.10. The molecule has 128 valence electrons. The molecule has 0 saturated carbocycles. The van der Waals surface area contributed by atoms with Crippen molar-refractivity contribution in [2.24, 2.45) is 4.99 Å². The normalized spacial score (nSPS) is 11.7. The number of rotatable bonds is 4. The van der Waals surface area contributed by atoms with Crippen LogP contribution in [0, 0.1) is 0 Å². The van der Waals surface area contributed by atoms with E-state index in [9.17, 15) is 0 Å². The fraction of sp³-hybridized carbons (Fsp3) is 0.0455. The van der Waals surface area contributed by atoms with Gasteiger partial charge in [-0.3, -0.25) is 9.56 Å². The molecule has 4 rings (SSSR count). The van der Waals surface area contributed by atoms with Crippen molar-refractivity contribution in [2.45, 2.75) is 6.54 Å². The summed E-state index contributed by atoms with van der Waals surface area (Å²) in [5.74, 6) is 0. The summed E-state index contributed by atoms with van der Waals surface area (Å²) in [7, 11) is 0. The molecule has 0 fully saturated rings. The van der Waals surface area contributed by atoms with Gasteiger partial charge in [0.1, 0.15) is 0 Å². The Morgan fingerprint density at radius 2 is 1.46 bits per heavy atom. The second-order valence-corrected chi connectivity index (χ2v) is 7.64. The Balaban J connectivity index is 1.83. The van der Waals surface area contributed by atoms with Crippen LogP contribution in [-0.2, 0) is 6.54 Å². The highest BCUT2D eigenvalue weighted by atomic mass is 79.9. The Bertz CT molecular complexity index is 1050. The van der Waals surface area contributed by atoms with Gasteiger partial charge in [-0.15, -0.1) is 11.3 Å². The molecule has 3 aromatic carbocycles. The van der Waals surface area contributed by atoms with Crippen LogP contribution in [0.5, 0.6) is 0 Å². The van der Waals surface area contributed by atoms with Crippen LogP contribution in [0.4, 0.5) is 0 Å². The fourth-order valence-corrected chi connectivity index (χ4v) is 3.98. The van der Waals surface area contributed by atoms with Gasteiger partial charge in [0.2, 0.25) is 0 Å². The van der Waals surface area contributed by atoms with Crippen LogP contribution in [0.2, 0.25) is 0 Å². The Morgan fingerprint density at radius 1 is 0.808 bits per heavy atom. The zero-order valence-corrected chi connectivity index (χ0v) is 16.5. The third kappa shape index (κ3) is 3.71. The molecule has 0 bridgehead atoms. The second-order valence-electron chi connectivity index (χ2n) is 5.88. The maximum Gasteiger partial charge on any atom is 0.190 e. The summed E-state index contributed by atoms with van der Waals surface area (Å²) < 4.78 is 3.31. The van der Waals surface area contributed by atoms with E-state index in [1.54, 1.807) is 11.3 Å². The van der Waals surface area contributed by atoms with Crippen molar-refractivity contribution in [3.05, 3.63) is 105 Å². The summed E-state index contributed by atoms with van der Waals surface area (Å²) in [5, 5.41) is 2.18. The molecule has 0 aliphatic carbocycles. The Kier molecular flexibility index (Phi) is 5.14. The number of hydrogen-bond donors (Lipinski definition) is 0. The van der Waals surface area contributed by atoms with Crippen molar-refractivity contribution in [3.8, 4) is 16.9 Å². The third-order valence-electron chi connectivity index (χ3n) is 4.10. The summed E-state index contributed by atoms with van der Waals surface area (Å²) in [5.41, 5.74) is 4.67. The number of hydrogen-bond acceptors (Lipinski definition) is 2. The second kappa shape index (κ2) is 7.85. The zero-order valence-electron chi connectivity index (χ0n) is 14.0. The monoisotopic (exact) mass is 420 g/mol. The van der Waals surface area contributed by atoms with Gasteiger partial charge in [-0.2, -0.15) is 0 Å². The van der Waals surface area contributed by atoms with Crippen LogP contribution >= 0.6 is 27.3 Å². The zero-order chi connectivity index (χ0) is 17.8. The molecule has 26 heavy (non-hydrogen) atoms. The summed E-state index contributed by atoms with van der Waals surface area (Å²) in [4.78, 5) is 5.89. The minimum atomic E-state index is 0.675. The molecule has 0 N–H and O–H groups in total. The van der Waals surface area contributed by atoms with Crippen LogP contribution < -0.4 is 4.80 Å². The Hall–Kier alpha value is -2.43. The first kappa shape index (κ1) is 17.0. The van der Waals surface area contributed by atoms with E-state index in [2.05, 4.69) is 98.7 Å². The van der Waals surface area contributed by atoms with Gasteiger partial charge in [0.05, 0.1) is 12.2 Å². The molecule has 4 aromatic rings. The van der Waals surface area contributed by atoms with Crippen LogP contribution in [-0.4, -0.2) is 4.57 Å². The third-order valence-corrected chi connectivity index (χ3v) is 5.49. The molecule has 0 radical (unpaired) electrons. The van der Waals surface area contributed by atoms with E-state index in [1.165, 1.54) is 11.1 Å². The van der Waals surface area contributed by atoms with E-state index >= 15 is 0 Å². The summed E-state index contributed by atoms with van der Waals surface area (Å²) in [6.07, 6.45) is 0. The number of halogens is 1. The van der Waals surface area contributed by atoms with Gasteiger partial charge in [0.25, 0.3) is 0 Å². The van der Waals surface area contributed by atoms with Crippen LogP contribution in [0.3, 0.4) is 0 Å². The van der Waals surface area contributed by atoms with Crippen LogP contribution in [0.25, 0.3) is 16.9 Å². The Labute approximate surface area is 165 Å². The lowest BCUT2D eigenvalue weighted by Crippen LogP contribution is -2.14. The molecular weight excluding hydrogens is 404 g/mol. The number of thiazole rings is 1. The van der Waals surface area contributed by atoms with E-state index < -0.39 is 0 Å². The molecule has 0 spiro atoms. The van der Waals surface area contributed by atoms with Gasteiger partial charge in [-0.25, -0.2) is 0 Å². The van der Waals surface area contributed by atoms with Crippen molar-refractivity contribution in [3.63, 3.8) is 0 Å². The molecule has 0 aliphatic heterocycles. The predicted molar refractivity (Wildman–Crippen MR) is 112 cm³/mol. The summed E-state index contributed by atoms with van der Waals surface area (Å²) in [6, 6.07) is 29.2. The molecular formula is C22H17BrN2S. The molecule has 0 saturated heterocycles. The van der Waals surface area contributed by atoms with Crippen molar-refractivity contribution in [1.82, 2.24) is 4.57 Å². The Morgan fingerprint density at radius 3 is 2.15 bits per heavy atom. The van der Waals surface area contributed by atoms with E-state index in [-0.39, 0.29) is 0 Å². The highest BCUT2D eigenvalue weighted by Crippen LogP contribution is 2.25. The SMILES string of the molecule is Brc1ccc(-c2csc(=NCc3ccccc3)n2-c2ccccc2)cc1. The molecule has 0 atom stereocenters. The average molecular weight is 421 g/mol. The lowest BCUT2D eigenvalue weighted by Gasteiger charge is -2.09. The van der Waals surface area contributed by atoms with Crippen LogP contribution in [0.15, 0.2) is 99.8 Å². The minimum Gasteiger partial charge on any atom is -0.285 e. The molecule has 4 heteroatoms. The molecule has 2 nitrogen and oxygen atoms in total. The number of nitrogens with zero attached hydrogens (tertiary/aromatic N) is 2. The maximum atomic E-state index is 4.89. The number of aromatic nitrogens is 1. The number of benzene rings is 3. The van der Waals surface area contributed by atoms with Gasteiger partial charge in [-0.1, -0.05) is 76.6 Å². The standard InChI is InChI=1S/C22H17BrN2S/c23-19-13-11-18(12-14-19)21-16-26-22(24-15-17-7-3-1-4-8-17)25(21)20-9-5-2-6-10-20/h1-14,16H,15H2. The lowest BCUT2D eigenvalue weighted by atomic mass is 10.1.